The standard InChI is InChI=1S/C15H18ClN3O/c1-11-3-2-6-19(9-11)10-15(20)18-14-7-13(16)5-4-12(14)8-17/h4-5,7,11H,2-3,6,9-10H2,1H3,(H,18,20)/p+1/t11-/m0/s1. The van der Waals surface area contributed by atoms with Crippen molar-refractivity contribution >= 4 is 23.2 Å². The maximum atomic E-state index is 12.1. The molecule has 4 nitrogen and oxygen atoms in total. The molecule has 1 aliphatic rings. The van der Waals surface area contributed by atoms with Crippen molar-refractivity contribution in [3.63, 3.8) is 0 Å². The molecule has 1 aliphatic heterocycles. The van der Waals surface area contributed by atoms with Crippen LogP contribution < -0.4 is 10.2 Å². The van der Waals surface area contributed by atoms with Crippen LogP contribution in [0.3, 0.4) is 0 Å². The summed E-state index contributed by atoms with van der Waals surface area (Å²) in [6, 6.07) is 6.94. The lowest BCUT2D eigenvalue weighted by atomic mass is 10.0. The molecule has 0 saturated carbocycles. The van der Waals surface area contributed by atoms with Crippen LogP contribution in [0, 0.1) is 17.2 Å². The first-order valence-electron chi connectivity index (χ1n) is 6.91. The number of quaternary nitrogens is 1. The highest BCUT2D eigenvalue weighted by molar-refractivity contribution is 6.31. The van der Waals surface area contributed by atoms with Crippen LogP contribution in [-0.2, 0) is 4.79 Å². The molecule has 1 unspecified atom stereocenters. The summed E-state index contributed by atoms with van der Waals surface area (Å²) < 4.78 is 0. The van der Waals surface area contributed by atoms with Crippen LogP contribution in [0.4, 0.5) is 5.69 Å². The molecule has 20 heavy (non-hydrogen) atoms. The fourth-order valence-corrected chi connectivity index (χ4v) is 2.87. The molecular formula is C15H19ClN3O+. The number of halogens is 1. The SMILES string of the molecule is C[C@H]1CCC[NH+](CC(=O)Nc2cc(Cl)ccc2C#N)C1. The van der Waals surface area contributed by atoms with E-state index in [9.17, 15) is 4.79 Å². The van der Waals surface area contributed by atoms with E-state index in [0.717, 1.165) is 13.1 Å². The molecule has 1 aromatic carbocycles. The van der Waals surface area contributed by atoms with Crippen LogP contribution >= 0.6 is 11.6 Å². The van der Waals surface area contributed by atoms with E-state index in [2.05, 4.69) is 18.3 Å². The van der Waals surface area contributed by atoms with Gasteiger partial charge in [0.2, 0.25) is 0 Å². The van der Waals surface area contributed by atoms with Crippen LogP contribution in [0.25, 0.3) is 0 Å². The first-order valence-corrected chi connectivity index (χ1v) is 7.29. The molecule has 0 radical (unpaired) electrons. The Labute approximate surface area is 124 Å². The number of anilines is 1. The molecule has 0 bridgehead atoms. The predicted molar refractivity (Wildman–Crippen MR) is 78.8 cm³/mol. The Morgan fingerprint density at radius 1 is 1.60 bits per heavy atom. The summed E-state index contributed by atoms with van der Waals surface area (Å²) in [5, 5.41) is 12.3. The molecule has 0 aliphatic carbocycles. The highest BCUT2D eigenvalue weighted by Gasteiger charge is 2.22. The molecule has 2 rings (SSSR count). The Hall–Kier alpha value is -1.57. The second-order valence-corrected chi connectivity index (χ2v) is 5.91. The minimum Gasteiger partial charge on any atom is -0.327 e. The van der Waals surface area contributed by atoms with Crippen LogP contribution in [-0.4, -0.2) is 25.5 Å². The van der Waals surface area contributed by atoms with Gasteiger partial charge in [-0.05, 0) is 31.0 Å². The van der Waals surface area contributed by atoms with E-state index in [1.807, 2.05) is 0 Å². The van der Waals surface area contributed by atoms with Gasteiger partial charge >= 0.3 is 0 Å². The molecule has 5 heteroatoms. The average Bonchev–Trinajstić information content (AvgIpc) is 2.38. The molecule has 2 atom stereocenters. The molecular weight excluding hydrogens is 274 g/mol. The predicted octanol–water partition coefficient (Wildman–Crippen LogP) is 1.46. The number of nitrogens with zero attached hydrogens (tertiary/aromatic N) is 1. The van der Waals surface area contributed by atoms with Crippen molar-refractivity contribution in [3.8, 4) is 6.07 Å². The number of amides is 1. The van der Waals surface area contributed by atoms with Gasteiger partial charge < -0.3 is 10.2 Å². The average molecular weight is 293 g/mol. The number of nitrogens with one attached hydrogen (secondary N) is 2. The van der Waals surface area contributed by atoms with Gasteiger partial charge in [-0.15, -0.1) is 0 Å². The number of hydrogen-bond acceptors (Lipinski definition) is 2. The number of carbonyl (C=O) groups excluding carboxylic acids is 1. The minimum atomic E-state index is -0.0622. The van der Waals surface area contributed by atoms with E-state index in [1.54, 1.807) is 18.2 Å². The molecule has 1 amide bonds. The number of benzene rings is 1. The van der Waals surface area contributed by atoms with E-state index in [4.69, 9.17) is 16.9 Å². The molecule has 106 valence electrons. The normalized spacial score (nSPS) is 22.1. The Bertz CT molecular complexity index is 538. The maximum absolute atomic E-state index is 12.1. The summed E-state index contributed by atoms with van der Waals surface area (Å²) in [6.07, 6.45) is 2.42. The number of hydrogen-bond donors (Lipinski definition) is 2. The van der Waals surface area contributed by atoms with Gasteiger partial charge in [-0.25, -0.2) is 0 Å². The number of piperidine rings is 1. The van der Waals surface area contributed by atoms with Gasteiger partial charge in [0.05, 0.1) is 24.3 Å². The van der Waals surface area contributed by atoms with Crippen molar-refractivity contribution < 1.29 is 9.69 Å². The van der Waals surface area contributed by atoms with E-state index >= 15 is 0 Å². The molecule has 1 saturated heterocycles. The zero-order valence-corrected chi connectivity index (χ0v) is 12.3. The Morgan fingerprint density at radius 3 is 3.10 bits per heavy atom. The van der Waals surface area contributed by atoms with Crippen molar-refractivity contribution in [1.82, 2.24) is 0 Å². The van der Waals surface area contributed by atoms with Gasteiger partial charge in [0.25, 0.3) is 5.91 Å². The number of rotatable bonds is 3. The quantitative estimate of drug-likeness (QED) is 0.886. The van der Waals surface area contributed by atoms with Crippen molar-refractivity contribution in [2.75, 3.05) is 25.0 Å². The second-order valence-electron chi connectivity index (χ2n) is 5.48. The summed E-state index contributed by atoms with van der Waals surface area (Å²) in [4.78, 5) is 13.4. The van der Waals surface area contributed by atoms with Crippen molar-refractivity contribution in [1.29, 1.82) is 5.26 Å². The van der Waals surface area contributed by atoms with Gasteiger partial charge in [0.15, 0.2) is 6.54 Å². The van der Waals surface area contributed by atoms with E-state index in [-0.39, 0.29) is 5.91 Å². The third-order valence-electron chi connectivity index (χ3n) is 3.65. The molecule has 1 fully saturated rings. The highest BCUT2D eigenvalue weighted by Crippen LogP contribution is 2.20. The Kier molecular flexibility index (Phi) is 4.99. The summed E-state index contributed by atoms with van der Waals surface area (Å²) in [6.45, 7) is 4.75. The lowest BCUT2D eigenvalue weighted by molar-refractivity contribution is -0.900. The summed E-state index contributed by atoms with van der Waals surface area (Å²) in [5.41, 5.74) is 0.930. The lowest BCUT2D eigenvalue weighted by Gasteiger charge is -2.27. The van der Waals surface area contributed by atoms with Crippen molar-refractivity contribution in [2.45, 2.75) is 19.8 Å². The topological polar surface area (TPSA) is 57.3 Å². The smallest absolute Gasteiger partial charge is 0.279 e. The lowest BCUT2D eigenvalue weighted by Crippen LogP contribution is -3.14. The number of carbonyl (C=O) groups is 1. The van der Waals surface area contributed by atoms with E-state index in [1.165, 1.54) is 17.7 Å². The van der Waals surface area contributed by atoms with E-state index < -0.39 is 0 Å². The third kappa shape index (κ3) is 3.96. The van der Waals surface area contributed by atoms with Gasteiger partial charge in [0, 0.05) is 10.9 Å². The van der Waals surface area contributed by atoms with Crippen LogP contribution in [0.5, 0.6) is 0 Å². The second kappa shape index (κ2) is 6.74. The summed E-state index contributed by atoms with van der Waals surface area (Å²) in [7, 11) is 0. The molecule has 0 spiro atoms. The molecule has 1 heterocycles. The van der Waals surface area contributed by atoms with Crippen LogP contribution in [0.1, 0.15) is 25.3 Å². The first kappa shape index (κ1) is 14.8. The molecule has 0 aromatic heterocycles. The Morgan fingerprint density at radius 2 is 2.40 bits per heavy atom. The van der Waals surface area contributed by atoms with Gasteiger partial charge in [-0.2, -0.15) is 5.26 Å². The Balaban J connectivity index is 1.98. The zero-order valence-electron chi connectivity index (χ0n) is 11.6. The maximum Gasteiger partial charge on any atom is 0.279 e. The van der Waals surface area contributed by atoms with Gasteiger partial charge in [-0.1, -0.05) is 18.5 Å². The molecule has 1 aromatic rings. The third-order valence-corrected chi connectivity index (χ3v) is 3.89. The van der Waals surface area contributed by atoms with Crippen molar-refractivity contribution in [2.24, 2.45) is 5.92 Å². The fourth-order valence-electron chi connectivity index (χ4n) is 2.70. The monoisotopic (exact) mass is 292 g/mol. The number of likely N-dealkylation sites (tertiary alicyclic amines) is 1. The van der Waals surface area contributed by atoms with Crippen LogP contribution in [0.15, 0.2) is 18.2 Å². The van der Waals surface area contributed by atoms with E-state index in [0.29, 0.717) is 28.7 Å². The number of nitriles is 1. The minimum absolute atomic E-state index is 0.0622. The van der Waals surface area contributed by atoms with Gasteiger partial charge in [-0.3, -0.25) is 4.79 Å². The highest BCUT2D eigenvalue weighted by atomic mass is 35.5. The summed E-state index contributed by atoms with van der Waals surface area (Å²) in [5.74, 6) is 0.611. The first-order chi connectivity index (χ1) is 9.58. The van der Waals surface area contributed by atoms with Crippen LogP contribution in [0.2, 0.25) is 5.02 Å². The zero-order chi connectivity index (χ0) is 14.5. The van der Waals surface area contributed by atoms with Crippen molar-refractivity contribution in [3.05, 3.63) is 28.8 Å². The molecule has 2 N–H and O–H groups in total. The summed E-state index contributed by atoms with van der Waals surface area (Å²) >= 11 is 5.90. The fraction of sp³-hybridized carbons (Fsp3) is 0.467. The largest absolute Gasteiger partial charge is 0.327 e. The van der Waals surface area contributed by atoms with Gasteiger partial charge in [0.1, 0.15) is 6.07 Å².